The van der Waals surface area contributed by atoms with Gasteiger partial charge in [-0.2, -0.15) is 23.1 Å². The molecular formula is C32H44F3N9O5. The number of fused-ring (bicyclic) bond motifs is 1. The fourth-order valence-corrected chi connectivity index (χ4v) is 6.60. The van der Waals surface area contributed by atoms with Crippen LogP contribution in [0.4, 0.5) is 24.9 Å². The summed E-state index contributed by atoms with van der Waals surface area (Å²) in [4.78, 5) is 42.6. The molecular weight excluding hydrogens is 647 g/mol. The van der Waals surface area contributed by atoms with E-state index in [9.17, 15) is 28.2 Å². The zero-order valence-electron chi connectivity index (χ0n) is 27.7. The van der Waals surface area contributed by atoms with Gasteiger partial charge in [-0.3, -0.25) is 9.69 Å². The Bertz CT molecular complexity index is 1590. The number of imidazole rings is 1. The third-order valence-corrected chi connectivity index (χ3v) is 9.37. The Hall–Kier alpha value is -4.06. The van der Waals surface area contributed by atoms with Crippen molar-refractivity contribution in [2.75, 3.05) is 50.5 Å². The molecule has 3 fully saturated rings. The predicted octanol–water partition coefficient (Wildman–Crippen LogP) is 1.85. The Morgan fingerprint density at radius 3 is 2.39 bits per heavy atom. The lowest BCUT2D eigenvalue weighted by Crippen LogP contribution is -2.42. The summed E-state index contributed by atoms with van der Waals surface area (Å²) in [6.45, 7) is 6.26. The van der Waals surface area contributed by atoms with E-state index in [0.29, 0.717) is 41.8 Å². The number of nitrogens with zero attached hydrogens (tertiary/aromatic N) is 7. The Labute approximate surface area is 281 Å². The number of benzene rings is 1. The number of carboxylic acid groups (broad SMARTS) is 1. The van der Waals surface area contributed by atoms with Crippen LogP contribution < -0.4 is 15.5 Å². The maximum absolute atomic E-state index is 12.1. The number of alkyl halides is 3. The molecule has 2 saturated heterocycles. The third-order valence-electron chi connectivity index (χ3n) is 9.37. The minimum Gasteiger partial charge on any atom is -0.475 e. The number of halogens is 3. The van der Waals surface area contributed by atoms with Crippen LogP contribution in [0.25, 0.3) is 11.2 Å². The van der Waals surface area contributed by atoms with Crippen LogP contribution in [0, 0.1) is 0 Å². The smallest absolute Gasteiger partial charge is 0.475 e. The van der Waals surface area contributed by atoms with Crippen molar-refractivity contribution in [1.82, 2.24) is 34.6 Å². The number of rotatable bonds is 9. The average Bonchev–Trinajstić information content (AvgIpc) is 3.86. The molecule has 0 spiro atoms. The maximum Gasteiger partial charge on any atom is 0.490 e. The largest absolute Gasteiger partial charge is 0.490 e. The van der Waals surface area contributed by atoms with Crippen LogP contribution in [0.3, 0.4) is 0 Å². The average molecular weight is 692 g/mol. The topological polar surface area (TPSA) is 172 Å². The fraction of sp³-hybridized carbons (Fsp3) is 0.594. The van der Waals surface area contributed by atoms with Gasteiger partial charge in [0.15, 0.2) is 17.0 Å². The number of carboxylic acids is 1. The predicted molar refractivity (Wildman–Crippen MR) is 175 cm³/mol. The summed E-state index contributed by atoms with van der Waals surface area (Å²) in [6.07, 6.45) is -2.82. The van der Waals surface area contributed by atoms with Crippen molar-refractivity contribution < 1.29 is 38.1 Å². The van der Waals surface area contributed by atoms with Crippen molar-refractivity contribution in [1.29, 1.82) is 0 Å². The number of hydrogen-bond donors (Lipinski definition) is 5. The quantitative estimate of drug-likeness (QED) is 0.221. The summed E-state index contributed by atoms with van der Waals surface area (Å²) < 4.78 is 33.6. The number of hydrogen-bond acceptors (Lipinski definition) is 11. The molecule has 17 heteroatoms. The van der Waals surface area contributed by atoms with Crippen molar-refractivity contribution in [2.45, 2.75) is 81.7 Å². The van der Waals surface area contributed by atoms with Crippen LogP contribution in [0.15, 0.2) is 36.7 Å². The molecule has 4 heterocycles. The summed E-state index contributed by atoms with van der Waals surface area (Å²) in [5, 5.41) is 35.5. The minimum absolute atomic E-state index is 0.152. The number of aliphatic hydroxyl groups is 2. The molecule has 1 amide bonds. The van der Waals surface area contributed by atoms with Gasteiger partial charge in [0.05, 0.1) is 18.4 Å². The highest BCUT2D eigenvalue weighted by Crippen LogP contribution is 2.35. The normalized spacial score (nSPS) is 25.9. The van der Waals surface area contributed by atoms with Gasteiger partial charge in [0.2, 0.25) is 11.9 Å². The first-order valence-electron chi connectivity index (χ1n) is 16.4. The Kier molecular flexibility index (Phi) is 11.3. The molecule has 2 aromatic heterocycles. The molecule has 49 heavy (non-hydrogen) atoms. The number of aromatic nitrogens is 4. The maximum atomic E-state index is 12.1. The van der Waals surface area contributed by atoms with E-state index in [1.165, 1.54) is 5.56 Å². The molecule has 268 valence electrons. The third kappa shape index (κ3) is 8.57. The molecule has 1 aliphatic carbocycles. The van der Waals surface area contributed by atoms with Crippen molar-refractivity contribution in [3.63, 3.8) is 0 Å². The number of aliphatic hydroxyl groups excluding tert-OH is 2. The van der Waals surface area contributed by atoms with Gasteiger partial charge in [0.25, 0.3) is 0 Å². The fourth-order valence-electron chi connectivity index (χ4n) is 6.60. The van der Waals surface area contributed by atoms with Crippen LogP contribution in [0.1, 0.15) is 44.2 Å². The van der Waals surface area contributed by atoms with Gasteiger partial charge < -0.3 is 40.3 Å². The highest BCUT2D eigenvalue weighted by Gasteiger charge is 2.44. The van der Waals surface area contributed by atoms with E-state index < -0.39 is 36.4 Å². The highest BCUT2D eigenvalue weighted by molar-refractivity contribution is 5.85. The molecule has 2 aliphatic heterocycles. The summed E-state index contributed by atoms with van der Waals surface area (Å²) >= 11 is 0. The number of likely N-dealkylation sites (N-methyl/N-ethyl adjacent to an activating group) is 1. The monoisotopic (exact) mass is 691 g/mol. The first kappa shape index (κ1) is 36.2. The lowest BCUT2D eigenvalue weighted by atomic mass is 10.2. The van der Waals surface area contributed by atoms with E-state index in [4.69, 9.17) is 24.9 Å². The van der Waals surface area contributed by atoms with Gasteiger partial charge in [-0.05, 0) is 38.9 Å². The number of amides is 1. The lowest BCUT2D eigenvalue weighted by molar-refractivity contribution is -0.192. The van der Waals surface area contributed by atoms with Gasteiger partial charge in [0.1, 0.15) is 12.2 Å². The number of nitrogens with one attached hydrogen (secondary N) is 2. The first-order valence-corrected chi connectivity index (χ1v) is 16.4. The van der Waals surface area contributed by atoms with E-state index in [-0.39, 0.29) is 11.9 Å². The molecule has 14 nitrogen and oxygen atoms in total. The van der Waals surface area contributed by atoms with Crippen LogP contribution in [0.5, 0.6) is 0 Å². The van der Waals surface area contributed by atoms with Crippen LogP contribution in [-0.4, -0.2) is 133 Å². The number of carbonyl (C=O) groups is 2. The highest BCUT2D eigenvalue weighted by atomic mass is 19.4. The summed E-state index contributed by atoms with van der Waals surface area (Å²) in [7, 11) is 4.20. The van der Waals surface area contributed by atoms with Crippen LogP contribution >= 0.6 is 0 Å². The number of carbonyl (C=O) groups excluding carboxylic acids is 1. The number of anilines is 2. The van der Waals surface area contributed by atoms with Crippen LogP contribution in [-0.2, 0) is 16.1 Å². The molecule has 5 N–H and O–H groups in total. The van der Waals surface area contributed by atoms with Gasteiger partial charge in [-0.1, -0.05) is 37.3 Å². The molecule has 6 atom stereocenters. The summed E-state index contributed by atoms with van der Waals surface area (Å²) in [5.41, 5.74) is 2.57. The molecule has 0 bridgehead atoms. The summed E-state index contributed by atoms with van der Waals surface area (Å²) in [5.74, 6) is -1.58. The summed E-state index contributed by atoms with van der Waals surface area (Å²) in [6, 6.07) is 10.1. The van der Waals surface area contributed by atoms with Gasteiger partial charge in [-0.25, -0.2) is 9.78 Å². The Balaban J connectivity index is 0.000000606. The van der Waals surface area contributed by atoms with Gasteiger partial charge in [0, 0.05) is 51.2 Å². The Morgan fingerprint density at radius 2 is 1.76 bits per heavy atom. The van der Waals surface area contributed by atoms with Gasteiger partial charge >= 0.3 is 12.1 Å². The minimum atomic E-state index is -5.08. The second kappa shape index (κ2) is 15.2. The van der Waals surface area contributed by atoms with E-state index in [2.05, 4.69) is 63.7 Å². The SMILES string of the molecule is CCC(=O)N[C@H]1C[C@@H](n2cnc3c(N[C@@H]4CCN(Cc5ccccc5)C4)nc(N4CC[C@@H](N(C)C)C4)nc32)[C@H](O)[C@@H]1O.O=C(O)C(F)(F)F. The molecule has 1 aromatic carbocycles. The van der Waals surface area contributed by atoms with Gasteiger partial charge in [-0.15, -0.1) is 0 Å². The molecule has 1 saturated carbocycles. The van der Waals surface area contributed by atoms with E-state index >= 15 is 0 Å². The standard InChI is InChI=1S/C30H43N9O3.C2HF3O2/c1-4-24(40)33-22-14-23(27(42)26(22)41)39-18-31-25-28(32-20-10-12-37(16-20)15-19-8-6-5-7-9-19)34-30(35-29(25)39)38-13-11-21(17-38)36(2)3;3-2(4,5)1(6)7/h5-9,18,20-23,26-27,41-42H,4,10-17H2,1-3H3,(H,33,40)(H,32,34,35);(H,6,7)/t20-,21-,22+,23-,26-,27+;/m1./s1. The molecule has 3 aromatic rings. The van der Waals surface area contributed by atoms with E-state index in [0.717, 1.165) is 45.6 Å². The molecule has 3 aliphatic rings. The molecule has 6 rings (SSSR count). The van der Waals surface area contributed by atoms with Crippen LogP contribution in [0.2, 0.25) is 0 Å². The van der Waals surface area contributed by atoms with Crippen molar-refractivity contribution >= 4 is 34.8 Å². The van der Waals surface area contributed by atoms with Crippen molar-refractivity contribution in [3.8, 4) is 0 Å². The zero-order valence-corrected chi connectivity index (χ0v) is 27.7. The number of likely N-dealkylation sites (tertiary alicyclic amines) is 1. The zero-order chi connectivity index (χ0) is 35.5. The second-order valence-electron chi connectivity index (χ2n) is 13.0. The van der Waals surface area contributed by atoms with Crippen molar-refractivity contribution in [3.05, 3.63) is 42.2 Å². The first-order chi connectivity index (χ1) is 23.2. The Morgan fingerprint density at radius 1 is 1.04 bits per heavy atom. The van der Waals surface area contributed by atoms with Crippen molar-refractivity contribution in [2.24, 2.45) is 0 Å². The number of aliphatic carboxylic acids is 1. The lowest BCUT2D eigenvalue weighted by Gasteiger charge is -2.22. The molecule has 0 radical (unpaired) electrons. The van der Waals surface area contributed by atoms with E-state index in [1.807, 2.05) is 10.6 Å². The molecule has 0 unspecified atom stereocenters. The second-order valence-corrected chi connectivity index (χ2v) is 13.0. The van der Waals surface area contributed by atoms with E-state index in [1.54, 1.807) is 13.3 Å².